The molecule has 23 heavy (non-hydrogen) atoms. The van der Waals surface area contributed by atoms with E-state index in [2.05, 4.69) is 5.32 Å². The van der Waals surface area contributed by atoms with Crippen LogP contribution in [0.4, 0.5) is 4.79 Å². The van der Waals surface area contributed by atoms with Crippen LogP contribution in [0, 0.1) is 0 Å². The number of alkyl carbamates (subject to hydrolysis) is 1. The molecule has 0 aromatic heterocycles. The molecule has 0 fully saturated rings. The van der Waals surface area contributed by atoms with Gasteiger partial charge in [-0.1, -0.05) is 42.5 Å². The van der Waals surface area contributed by atoms with Crippen LogP contribution in [0.25, 0.3) is 5.76 Å². The number of carbonyl (C=O) groups excluding carboxylic acids is 1. The lowest BCUT2D eigenvalue weighted by Crippen LogP contribution is -2.26. The van der Waals surface area contributed by atoms with Crippen LogP contribution in [-0.4, -0.2) is 12.7 Å². The molecule has 4 nitrogen and oxygen atoms in total. The van der Waals surface area contributed by atoms with Crippen molar-refractivity contribution in [3.8, 4) is 5.75 Å². The third kappa shape index (κ3) is 3.72. The number of hydrogen-bond acceptors (Lipinski definition) is 3. The highest BCUT2D eigenvalue weighted by Crippen LogP contribution is 2.27. The minimum absolute atomic E-state index is 0.112. The lowest BCUT2D eigenvalue weighted by atomic mass is 10.0. The zero-order valence-electron chi connectivity index (χ0n) is 13.0. The molecule has 2 aromatic rings. The summed E-state index contributed by atoms with van der Waals surface area (Å²) in [6.45, 7) is 2.59. The van der Waals surface area contributed by atoms with Crippen molar-refractivity contribution in [1.82, 2.24) is 5.32 Å². The van der Waals surface area contributed by atoms with Gasteiger partial charge in [0, 0.05) is 5.56 Å². The Balaban J connectivity index is 1.79. The first kappa shape index (κ1) is 15.2. The predicted molar refractivity (Wildman–Crippen MR) is 89.0 cm³/mol. The molecule has 0 saturated heterocycles. The first-order valence-corrected chi connectivity index (χ1v) is 7.73. The van der Waals surface area contributed by atoms with E-state index in [4.69, 9.17) is 9.47 Å². The number of nitrogens with one attached hydrogen (secondary N) is 1. The molecule has 1 N–H and O–H groups in total. The lowest BCUT2D eigenvalue weighted by Gasteiger charge is -2.15. The molecule has 2 aromatic carbocycles. The second-order valence-electron chi connectivity index (χ2n) is 5.26. The normalized spacial score (nSPS) is 17.5. The van der Waals surface area contributed by atoms with Crippen LogP contribution in [0.1, 0.15) is 30.5 Å². The molecule has 0 bridgehead atoms. The third-order valence-electron chi connectivity index (χ3n) is 3.69. The molecule has 1 amide bonds. The second kappa shape index (κ2) is 7.01. The van der Waals surface area contributed by atoms with Gasteiger partial charge in [0.25, 0.3) is 0 Å². The number of carbonyl (C=O) groups is 1. The van der Waals surface area contributed by atoms with Crippen molar-refractivity contribution >= 4 is 11.9 Å². The average molecular weight is 309 g/mol. The zero-order valence-corrected chi connectivity index (χ0v) is 13.0. The van der Waals surface area contributed by atoms with Crippen molar-refractivity contribution in [2.75, 3.05) is 6.61 Å². The smallest absolute Gasteiger partial charge is 0.413 e. The van der Waals surface area contributed by atoms with Gasteiger partial charge in [0.05, 0.1) is 12.6 Å². The fourth-order valence-corrected chi connectivity index (χ4v) is 2.56. The molecular formula is C19H19NO3. The summed E-state index contributed by atoms with van der Waals surface area (Å²) in [7, 11) is 0. The molecule has 3 rings (SSSR count). The maximum Gasteiger partial charge on any atom is 0.413 e. The highest BCUT2D eigenvalue weighted by Gasteiger charge is 2.20. The molecular weight excluding hydrogens is 290 g/mol. The number of hydrogen-bond donors (Lipinski definition) is 1. The van der Waals surface area contributed by atoms with Crippen LogP contribution >= 0.6 is 0 Å². The van der Waals surface area contributed by atoms with Crippen LogP contribution in [0.3, 0.4) is 0 Å². The van der Waals surface area contributed by atoms with Crippen molar-refractivity contribution in [2.24, 2.45) is 0 Å². The van der Waals surface area contributed by atoms with Crippen LogP contribution in [-0.2, 0) is 4.74 Å². The van der Waals surface area contributed by atoms with E-state index in [1.165, 1.54) is 0 Å². The summed E-state index contributed by atoms with van der Waals surface area (Å²) in [5.41, 5.74) is 1.92. The highest BCUT2D eigenvalue weighted by atomic mass is 16.6. The van der Waals surface area contributed by atoms with Gasteiger partial charge >= 0.3 is 6.09 Å². The lowest BCUT2D eigenvalue weighted by molar-refractivity contribution is 0.190. The van der Waals surface area contributed by atoms with Gasteiger partial charge in [-0.25, -0.2) is 4.79 Å². The fraction of sp³-hybridized carbons (Fsp3) is 0.211. The number of amides is 1. The van der Waals surface area contributed by atoms with Crippen LogP contribution in [0.5, 0.6) is 5.75 Å². The maximum atomic E-state index is 12.0. The van der Waals surface area contributed by atoms with Crippen molar-refractivity contribution in [2.45, 2.75) is 19.4 Å². The predicted octanol–water partition coefficient (Wildman–Crippen LogP) is 4.30. The van der Waals surface area contributed by atoms with Crippen molar-refractivity contribution in [3.05, 3.63) is 71.8 Å². The summed E-state index contributed by atoms with van der Waals surface area (Å²) >= 11 is 0. The molecule has 1 unspecified atom stereocenters. The molecule has 1 aliphatic rings. The second-order valence-corrected chi connectivity index (χ2v) is 5.26. The Morgan fingerprint density at radius 1 is 1.13 bits per heavy atom. The Hall–Kier alpha value is -2.75. The molecule has 1 heterocycles. The molecule has 0 spiro atoms. The van der Waals surface area contributed by atoms with Crippen molar-refractivity contribution in [3.63, 3.8) is 0 Å². The first-order chi connectivity index (χ1) is 11.3. The van der Waals surface area contributed by atoms with Gasteiger partial charge in [0.2, 0.25) is 0 Å². The van der Waals surface area contributed by atoms with Gasteiger partial charge in [-0.2, -0.15) is 0 Å². The Labute approximate surface area is 135 Å². The monoisotopic (exact) mass is 309 g/mol. The van der Waals surface area contributed by atoms with Gasteiger partial charge in [-0.05, 0) is 37.1 Å². The van der Waals surface area contributed by atoms with E-state index in [0.717, 1.165) is 16.9 Å². The van der Waals surface area contributed by atoms with Gasteiger partial charge < -0.3 is 14.8 Å². The molecule has 1 atom stereocenters. The van der Waals surface area contributed by atoms with Gasteiger partial charge in [-0.15, -0.1) is 0 Å². The quantitative estimate of drug-likeness (QED) is 0.916. The van der Waals surface area contributed by atoms with E-state index in [0.29, 0.717) is 18.8 Å². The highest BCUT2D eigenvalue weighted by molar-refractivity contribution is 5.78. The van der Waals surface area contributed by atoms with Crippen LogP contribution in [0.2, 0.25) is 0 Å². The number of ether oxygens (including phenoxy) is 2. The van der Waals surface area contributed by atoms with Crippen LogP contribution in [0.15, 0.2) is 60.7 Å². The molecule has 4 heteroatoms. The Kier molecular flexibility index (Phi) is 4.62. The zero-order chi connectivity index (χ0) is 16.1. The summed E-state index contributed by atoms with van der Waals surface area (Å²) in [6.07, 6.45) is 2.19. The summed E-state index contributed by atoms with van der Waals surface area (Å²) in [4.78, 5) is 12.0. The largest absolute Gasteiger partial charge is 0.494 e. The first-order valence-electron chi connectivity index (χ1n) is 7.73. The average Bonchev–Trinajstić information content (AvgIpc) is 2.78. The van der Waals surface area contributed by atoms with Gasteiger partial charge in [-0.3, -0.25) is 0 Å². The van der Waals surface area contributed by atoms with Crippen LogP contribution < -0.4 is 10.1 Å². The summed E-state index contributed by atoms with van der Waals surface area (Å²) in [5, 5.41) is 2.89. The Morgan fingerprint density at radius 3 is 2.57 bits per heavy atom. The number of cyclic esters (lactones) is 1. The van der Waals surface area contributed by atoms with Crippen molar-refractivity contribution < 1.29 is 14.3 Å². The topological polar surface area (TPSA) is 47.6 Å². The fourth-order valence-electron chi connectivity index (χ4n) is 2.56. The molecule has 118 valence electrons. The van der Waals surface area contributed by atoms with E-state index >= 15 is 0 Å². The molecule has 0 radical (unpaired) electrons. The van der Waals surface area contributed by atoms with E-state index in [1.54, 1.807) is 0 Å². The van der Waals surface area contributed by atoms with E-state index in [1.807, 2.05) is 67.6 Å². The minimum Gasteiger partial charge on any atom is -0.494 e. The van der Waals surface area contributed by atoms with Gasteiger partial charge in [0.15, 0.2) is 0 Å². The SMILES string of the molecule is CCOc1ccc(C2CC=C(c3ccccc3)OC(=O)N2)cc1. The third-order valence-corrected chi connectivity index (χ3v) is 3.69. The number of benzene rings is 2. The standard InChI is InChI=1S/C19H19NO3/c1-2-22-16-10-8-14(9-11-16)17-12-13-18(23-19(21)20-17)15-6-4-3-5-7-15/h3-11,13,17H,2,12H2,1H3,(H,20,21). The molecule has 0 saturated carbocycles. The Bertz CT molecular complexity index is 692. The minimum atomic E-state index is -0.434. The van der Waals surface area contributed by atoms with Gasteiger partial charge in [0.1, 0.15) is 11.5 Å². The Morgan fingerprint density at radius 2 is 1.87 bits per heavy atom. The van der Waals surface area contributed by atoms with E-state index in [9.17, 15) is 4.79 Å². The molecule has 0 aliphatic carbocycles. The summed E-state index contributed by atoms with van der Waals surface area (Å²) in [6, 6.07) is 17.3. The summed E-state index contributed by atoms with van der Waals surface area (Å²) in [5.74, 6) is 1.42. The van der Waals surface area contributed by atoms with E-state index < -0.39 is 6.09 Å². The maximum absolute atomic E-state index is 12.0. The molecule has 1 aliphatic heterocycles. The number of rotatable bonds is 4. The summed E-state index contributed by atoms with van der Waals surface area (Å²) < 4.78 is 10.8. The van der Waals surface area contributed by atoms with E-state index in [-0.39, 0.29) is 6.04 Å². The van der Waals surface area contributed by atoms with Crippen molar-refractivity contribution in [1.29, 1.82) is 0 Å².